The van der Waals surface area contributed by atoms with E-state index in [4.69, 9.17) is 10.4 Å². The van der Waals surface area contributed by atoms with Gasteiger partial charge in [-0.3, -0.25) is 4.68 Å². The largest absolute Gasteiger partial charge is 0.371 e. The molecule has 0 aromatic carbocycles. The van der Waals surface area contributed by atoms with Crippen molar-refractivity contribution in [2.45, 2.75) is 104 Å². The average molecular weight is 435 g/mol. The fourth-order valence-electron chi connectivity index (χ4n) is 6.70. The summed E-state index contributed by atoms with van der Waals surface area (Å²) in [6.45, 7) is 17.1. The van der Waals surface area contributed by atoms with E-state index in [2.05, 4.69) is 40.9 Å². The van der Waals surface area contributed by atoms with Crippen molar-refractivity contribution in [1.29, 1.82) is 5.26 Å². The zero-order valence-electron chi connectivity index (χ0n) is 20.9. The SMILES string of the molecule is C=C(C)N1CCc2c(c(C)nn2C2CCC3(CC2)CC(N2CCB(C#N)CC2)C3)C1.CC. The number of hydrogen-bond acceptors (Lipinski definition) is 4. The standard InChI is InChI=1S/C24H36BN5.C2H6/c1-18(2)29-11-6-23-22(16-29)19(3)27-30(23)20-4-7-24(8-5-20)14-21(15-24)28-12-9-25(17-26)10-13-28;1-2/h20-21H,1,4-16H2,2-3H3;1-2H3. The van der Waals surface area contributed by atoms with E-state index < -0.39 is 0 Å². The summed E-state index contributed by atoms with van der Waals surface area (Å²) in [5, 5.41) is 14.2. The summed E-state index contributed by atoms with van der Waals surface area (Å²) in [5.74, 6) is 2.47. The molecule has 0 radical (unpaired) electrons. The maximum Gasteiger partial charge on any atom is 0.270 e. The van der Waals surface area contributed by atoms with Gasteiger partial charge in [0.05, 0.1) is 11.7 Å². The first kappa shape index (κ1) is 23.4. The van der Waals surface area contributed by atoms with Crippen molar-refractivity contribution < 1.29 is 0 Å². The van der Waals surface area contributed by atoms with Gasteiger partial charge >= 0.3 is 0 Å². The highest BCUT2D eigenvalue weighted by atomic mass is 15.3. The van der Waals surface area contributed by atoms with E-state index in [0.717, 1.165) is 51.3 Å². The van der Waals surface area contributed by atoms with Crippen molar-refractivity contribution in [3.8, 4) is 5.97 Å². The Bertz CT molecular complexity index is 844. The van der Waals surface area contributed by atoms with Gasteiger partial charge in [-0.05, 0) is 83.5 Å². The molecule has 3 heterocycles. The predicted molar refractivity (Wildman–Crippen MR) is 133 cm³/mol. The average Bonchev–Trinajstić information content (AvgIpc) is 3.15. The van der Waals surface area contributed by atoms with Gasteiger partial charge in [0.15, 0.2) is 0 Å². The summed E-state index contributed by atoms with van der Waals surface area (Å²) in [5.41, 5.74) is 5.95. The molecule has 0 bridgehead atoms. The highest BCUT2D eigenvalue weighted by Crippen LogP contribution is 2.55. The third-order valence-electron chi connectivity index (χ3n) is 8.75. The number of allylic oxidation sites excluding steroid dienone is 1. The number of aryl methyl sites for hydroxylation is 1. The van der Waals surface area contributed by atoms with Gasteiger partial charge in [-0.1, -0.05) is 20.4 Å². The van der Waals surface area contributed by atoms with Crippen LogP contribution in [0.3, 0.4) is 0 Å². The van der Waals surface area contributed by atoms with Crippen molar-refractivity contribution >= 4 is 6.71 Å². The van der Waals surface area contributed by atoms with E-state index in [1.54, 1.807) is 0 Å². The van der Waals surface area contributed by atoms with E-state index in [1.165, 1.54) is 61.2 Å². The lowest BCUT2D eigenvalue weighted by molar-refractivity contribution is -0.0322. The van der Waals surface area contributed by atoms with Crippen LogP contribution in [0.1, 0.15) is 82.3 Å². The number of fused-ring (bicyclic) bond motifs is 1. The molecule has 174 valence electrons. The quantitative estimate of drug-likeness (QED) is 0.609. The molecule has 2 aliphatic heterocycles. The Morgan fingerprint density at radius 2 is 1.78 bits per heavy atom. The molecule has 0 amide bonds. The summed E-state index contributed by atoms with van der Waals surface area (Å²) >= 11 is 0. The zero-order valence-corrected chi connectivity index (χ0v) is 20.9. The van der Waals surface area contributed by atoms with Crippen LogP contribution in [-0.4, -0.2) is 52.0 Å². The Labute approximate surface area is 195 Å². The first-order chi connectivity index (χ1) is 15.5. The molecule has 6 heteroatoms. The van der Waals surface area contributed by atoms with Crippen LogP contribution in [0.5, 0.6) is 0 Å². The third kappa shape index (κ3) is 4.38. The van der Waals surface area contributed by atoms with Crippen molar-refractivity contribution in [1.82, 2.24) is 19.6 Å². The highest BCUT2D eigenvalue weighted by Gasteiger charge is 2.48. The topological polar surface area (TPSA) is 48.1 Å². The molecule has 2 aliphatic carbocycles. The Morgan fingerprint density at radius 1 is 1.12 bits per heavy atom. The number of aromatic nitrogens is 2. The van der Waals surface area contributed by atoms with Gasteiger partial charge < -0.3 is 9.80 Å². The second-order valence-corrected chi connectivity index (χ2v) is 10.6. The maximum absolute atomic E-state index is 9.14. The maximum atomic E-state index is 9.14. The molecule has 1 aromatic rings. The summed E-state index contributed by atoms with van der Waals surface area (Å²) in [6.07, 6.45) is 11.4. The van der Waals surface area contributed by atoms with Gasteiger partial charge in [-0.25, -0.2) is 5.26 Å². The lowest BCUT2D eigenvalue weighted by Gasteiger charge is -2.55. The molecule has 1 saturated heterocycles. The van der Waals surface area contributed by atoms with Crippen LogP contribution in [0.2, 0.25) is 12.6 Å². The van der Waals surface area contributed by atoms with Gasteiger partial charge in [0.2, 0.25) is 0 Å². The summed E-state index contributed by atoms with van der Waals surface area (Å²) in [7, 11) is 0. The van der Waals surface area contributed by atoms with E-state index in [9.17, 15) is 0 Å². The van der Waals surface area contributed by atoms with Crippen LogP contribution < -0.4 is 0 Å². The lowest BCUT2D eigenvalue weighted by Crippen LogP contribution is -2.54. The molecule has 5 nitrogen and oxygen atoms in total. The molecule has 0 atom stereocenters. The lowest BCUT2D eigenvalue weighted by atomic mass is 9.45. The van der Waals surface area contributed by atoms with E-state index in [-0.39, 0.29) is 0 Å². The molecule has 4 aliphatic rings. The van der Waals surface area contributed by atoms with Crippen molar-refractivity contribution in [3.63, 3.8) is 0 Å². The van der Waals surface area contributed by atoms with Crippen LogP contribution in [-0.2, 0) is 13.0 Å². The van der Waals surface area contributed by atoms with Crippen LogP contribution in [0.4, 0.5) is 0 Å². The Kier molecular flexibility index (Phi) is 7.05. The Balaban J connectivity index is 0.00000119. The van der Waals surface area contributed by atoms with E-state index in [1.807, 2.05) is 13.8 Å². The fourth-order valence-corrected chi connectivity index (χ4v) is 6.70. The Morgan fingerprint density at radius 3 is 2.38 bits per heavy atom. The molecular weight excluding hydrogens is 393 g/mol. The number of nitrogens with zero attached hydrogens (tertiary/aromatic N) is 5. The molecule has 0 unspecified atom stereocenters. The third-order valence-corrected chi connectivity index (χ3v) is 8.75. The minimum Gasteiger partial charge on any atom is -0.371 e. The summed E-state index contributed by atoms with van der Waals surface area (Å²) in [6, 6.07) is 1.38. The monoisotopic (exact) mass is 435 g/mol. The van der Waals surface area contributed by atoms with Crippen LogP contribution in [0.25, 0.3) is 0 Å². The molecule has 0 N–H and O–H groups in total. The normalized spacial score (nSPS) is 30.1. The number of hydrogen-bond donors (Lipinski definition) is 0. The minimum absolute atomic E-state index is 0.302. The van der Waals surface area contributed by atoms with Crippen LogP contribution in [0, 0.1) is 23.6 Å². The van der Waals surface area contributed by atoms with Crippen LogP contribution in [0.15, 0.2) is 12.3 Å². The summed E-state index contributed by atoms with van der Waals surface area (Å²) in [4.78, 5) is 5.08. The molecule has 1 spiro atoms. The minimum atomic E-state index is 0.302. The first-order valence-corrected chi connectivity index (χ1v) is 13.1. The van der Waals surface area contributed by atoms with E-state index in [0.29, 0.717) is 18.2 Å². The second kappa shape index (κ2) is 9.63. The van der Waals surface area contributed by atoms with E-state index >= 15 is 0 Å². The second-order valence-electron chi connectivity index (χ2n) is 10.6. The van der Waals surface area contributed by atoms with Crippen molar-refractivity contribution in [2.24, 2.45) is 5.41 Å². The van der Waals surface area contributed by atoms with Gasteiger partial charge in [0, 0.05) is 48.5 Å². The molecule has 3 fully saturated rings. The zero-order chi connectivity index (χ0) is 22.9. The first-order valence-electron chi connectivity index (χ1n) is 13.1. The van der Waals surface area contributed by atoms with Crippen molar-refractivity contribution in [2.75, 3.05) is 19.6 Å². The highest BCUT2D eigenvalue weighted by molar-refractivity contribution is 6.67. The fraction of sp³-hybridized carbons (Fsp3) is 0.769. The molecule has 2 saturated carbocycles. The molecule has 5 rings (SSSR count). The van der Waals surface area contributed by atoms with Gasteiger partial charge in [0.25, 0.3) is 6.71 Å². The number of rotatable bonds is 3. The smallest absolute Gasteiger partial charge is 0.270 e. The predicted octanol–water partition coefficient (Wildman–Crippen LogP) is 5.25. The van der Waals surface area contributed by atoms with Gasteiger partial charge in [-0.2, -0.15) is 5.10 Å². The van der Waals surface area contributed by atoms with Crippen LogP contribution >= 0.6 is 0 Å². The van der Waals surface area contributed by atoms with Crippen molar-refractivity contribution in [3.05, 3.63) is 29.2 Å². The molecule has 32 heavy (non-hydrogen) atoms. The molecular formula is C26H42BN5. The van der Waals surface area contributed by atoms with Gasteiger partial charge in [0.1, 0.15) is 0 Å². The van der Waals surface area contributed by atoms with Gasteiger partial charge in [-0.15, -0.1) is 0 Å². The molecule has 1 aromatic heterocycles. The number of nitriles is 1. The Hall–Kier alpha value is -1.74. The summed E-state index contributed by atoms with van der Waals surface area (Å²) < 4.78 is 2.43.